The maximum absolute atomic E-state index is 12.8. The average Bonchev–Trinajstić information content (AvgIpc) is 3.29. The van der Waals surface area contributed by atoms with Crippen molar-refractivity contribution in [3.05, 3.63) is 48.6 Å². The van der Waals surface area contributed by atoms with Gasteiger partial charge in [0, 0.05) is 12.8 Å². The summed E-state index contributed by atoms with van der Waals surface area (Å²) in [5.74, 6) is -0.789. The second kappa shape index (κ2) is 49.0. The molecule has 0 aromatic rings. The van der Waals surface area contributed by atoms with Crippen LogP contribution in [0.3, 0.4) is 0 Å². The quantitative estimate of drug-likeness (QED) is 0.0211. The molecule has 67 heavy (non-hydrogen) atoms. The summed E-state index contributed by atoms with van der Waals surface area (Å²) in [6.45, 7) is 4.35. The van der Waals surface area contributed by atoms with Gasteiger partial charge in [-0.3, -0.25) is 18.6 Å². The molecule has 0 rings (SSSR count). The Bertz CT molecular complexity index is 1270. The zero-order valence-electron chi connectivity index (χ0n) is 44.4. The zero-order chi connectivity index (χ0) is 49.2. The van der Waals surface area contributed by atoms with Crippen LogP contribution < -0.4 is 0 Å². The van der Waals surface area contributed by atoms with E-state index in [0.29, 0.717) is 23.9 Å². The van der Waals surface area contributed by atoms with Crippen LogP contribution in [0.4, 0.5) is 0 Å². The standard InChI is InChI=1S/C57H106NO8P/c1-6-8-10-12-14-16-18-20-22-24-26-27-28-29-30-31-32-34-36-38-40-42-44-46-48-50-57(60)66-55(54-65-67(61,62)64-52-51-58(3,4)5)53-63-56(59)49-47-45-43-41-39-37-35-33-25-23-21-19-17-15-13-11-9-7-2/h8,10,14,16,20,22,26-27,55H,6-7,9,11-13,15,17-19,21,23-25,28-54H2,1-5H3/p+1/b10-8-,16-14-,22-20-,27-26-. The van der Waals surface area contributed by atoms with E-state index in [1.807, 2.05) is 21.1 Å². The number of phosphoric acid groups is 1. The highest BCUT2D eigenvalue weighted by molar-refractivity contribution is 7.47. The summed E-state index contributed by atoms with van der Waals surface area (Å²) in [5, 5.41) is 0. The smallest absolute Gasteiger partial charge is 0.462 e. The molecule has 10 heteroatoms. The fourth-order valence-electron chi connectivity index (χ4n) is 7.83. The minimum absolute atomic E-state index is 0.0321. The Hall–Kier alpha value is -2.03. The van der Waals surface area contributed by atoms with E-state index in [0.717, 1.165) is 64.2 Å². The lowest BCUT2D eigenvalue weighted by atomic mass is 10.0. The first-order valence-electron chi connectivity index (χ1n) is 27.9. The predicted molar refractivity (Wildman–Crippen MR) is 284 cm³/mol. The molecule has 392 valence electrons. The van der Waals surface area contributed by atoms with Crippen molar-refractivity contribution in [1.29, 1.82) is 0 Å². The van der Waals surface area contributed by atoms with E-state index in [9.17, 15) is 19.0 Å². The number of unbranched alkanes of at least 4 members (excludes halogenated alkanes) is 29. The predicted octanol–water partition coefficient (Wildman–Crippen LogP) is 17.0. The molecule has 0 aliphatic heterocycles. The molecule has 0 fully saturated rings. The summed E-state index contributed by atoms with van der Waals surface area (Å²) in [5.41, 5.74) is 0. The van der Waals surface area contributed by atoms with Crippen LogP contribution in [0.5, 0.6) is 0 Å². The first-order chi connectivity index (χ1) is 32.5. The van der Waals surface area contributed by atoms with Crippen molar-refractivity contribution in [2.24, 2.45) is 0 Å². The van der Waals surface area contributed by atoms with Gasteiger partial charge in [0.1, 0.15) is 19.8 Å². The molecule has 0 aromatic carbocycles. The summed E-state index contributed by atoms with van der Waals surface area (Å²) in [4.78, 5) is 35.6. The second-order valence-electron chi connectivity index (χ2n) is 19.9. The number of hydrogen-bond donors (Lipinski definition) is 1. The number of quaternary nitrogens is 1. The molecule has 2 unspecified atom stereocenters. The largest absolute Gasteiger partial charge is 0.472 e. The number of likely N-dealkylation sites (N-methyl/N-ethyl adjacent to an activating group) is 1. The number of rotatable bonds is 51. The van der Waals surface area contributed by atoms with Gasteiger partial charge in [-0.15, -0.1) is 0 Å². The van der Waals surface area contributed by atoms with E-state index in [2.05, 4.69) is 62.5 Å². The summed E-state index contributed by atoms with van der Waals surface area (Å²) in [7, 11) is 1.48. The molecule has 0 aliphatic carbocycles. The van der Waals surface area contributed by atoms with Crippen LogP contribution in [-0.4, -0.2) is 74.9 Å². The first kappa shape index (κ1) is 65.0. The Kier molecular flexibility index (Phi) is 47.5. The maximum Gasteiger partial charge on any atom is 0.472 e. The van der Waals surface area contributed by atoms with E-state index in [-0.39, 0.29) is 25.6 Å². The van der Waals surface area contributed by atoms with Gasteiger partial charge in [-0.05, 0) is 51.4 Å². The Morgan fingerprint density at radius 3 is 1.27 bits per heavy atom. The molecule has 1 N–H and O–H groups in total. The molecule has 2 atom stereocenters. The van der Waals surface area contributed by atoms with Crippen LogP contribution in [-0.2, 0) is 32.7 Å². The average molecular weight is 965 g/mol. The van der Waals surface area contributed by atoms with E-state index in [1.165, 1.54) is 154 Å². The number of phosphoric ester groups is 1. The third-order valence-corrected chi connectivity index (χ3v) is 13.1. The molecule has 0 radical (unpaired) electrons. The van der Waals surface area contributed by atoms with Crippen molar-refractivity contribution in [2.45, 2.75) is 258 Å². The lowest BCUT2D eigenvalue weighted by Crippen LogP contribution is -2.37. The van der Waals surface area contributed by atoms with Crippen LogP contribution in [0.25, 0.3) is 0 Å². The monoisotopic (exact) mass is 965 g/mol. The Balaban J connectivity index is 4.17. The van der Waals surface area contributed by atoms with Gasteiger partial charge in [0.2, 0.25) is 0 Å². The fraction of sp³-hybridized carbons (Fsp3) is 0.825. The van der Waals surface area contributed by atoms with Crippen LogP contribution in [0.2, 0.25) is 0 Å². The Morgan fingerprint density at radius 1 is 0.478 bits per heavy atom. The fourth-order valence-corrected chi connectivity index (χ4v) is 8.57. The number of hydrogen-bond acceptors (Lipinski definition) is 7. The topological polar surface area (TPSA) is 108 Å². The highest BCUT2D eigenvalue weighted by atomic mass is 31.2. The zero-order valence-corrected chi connectivity index (χ0v) is 45.3. The highest BCUT2D eigenvalue weighted by Crippen LogP contribution is 2.43. The summed E-state index contributed by atoms with van der Waals surface area (Å²) >= 11 is 0. The van der Waals surface area contributed by atoms with E-state index in [1.54, 1.807) is 0 Å². The Morgan fingerprint density at radius 2 is 0.851 bits per heavy atom. The van der Waals surface area contributed by atoms with Gasteiger partial charge in [-0.1, -0.05) is 236 Å². The van der Waals surface area contributed by atoms with Crippen molar-refractivity contribution >= 4 is 19.8 Å². The van der Waals surface area contributed by atoms with Gasteiger partial charge in [-0.2, -0.15) is 0 Å². The minimum Gasteiger partial charge on any atom is -0.462 e. The van der Waals surface area contributed by atoms with E-state index >= 15 is 0 Å². The first-order valence-corrected chi connectivity index (χ1v) is 29.4. The molecule has 0 amide bonds. The van der Waals surface area contributed by atoms with Crippen LogP contribution in [0.15, 0.2) is 48.6 Å². The normalized spacial score (nSPS) is 13.7. The van der Waals surface area contributed by atoms with Crippen molar-refractivity contribution in [3.63, 3.8) is 0 Å². The van der Waals surface area contributed by atoms with E-state index in [4.69, 9.17) is 18.5 Å². The second-order valence-corrected chi connectivity index (χ2v) is 21.4. The number of ether oxygens (including phenoxy) is 2. The summed E-state index contributed by atoms with van der Waals surface area (Å²) in [6, 6.07) is 0. The Labute approximate surface area is 414 Å². The van der Waals surface area contributed by atoms with Crippen LogP contribution in [0, 0.1) is 0 Å². The highest BCUT2D eigenvalue weighted by Gasteiger charge is 2.27. The number of nitrogens with zero attached hydrogens (tertiary/aromatic N) is 1. The third-order valence-electron chi connectivity index (χ3n) is 12.1. The van der Waals surface area contributed by atoms with Gasteiger partial charge >= 0.3 is 19.8 Å². The molecule has 9 nitrogen and oxygen atoms in total. The van der Waals surface area contributed by atoms with Gasteiger partial charge in [0.25, 0.3) is 0 Å². The molecule has 0 saturated carbocycles. The van der Waals surface area contributed by atoms with Crippen molar-refractivity contribution in [3.8, 4) is 0 Å². The molecule has 0 aromatic heterocycles. The van der Waals surface area contributed by atoms with Crippen molar-refractivity contribution in [2.75, 3.05) is 47.5 Å². The molecule has 0 aliphatic rings. The SMILES string of the molecule is CC/C=C\C/C=C\C/C=C\C/C=C\CCCCCCCCCCCCCCC(=O)OC(COC(=O)CCCCCCCCCCCCCCCCCCCC)COP(=O)(O)OCC[N+](C)(C)C. The molecule has 0 heterocycles. The van der Waals surface area contributed by atoms with Gasteiger partial charge in [0.15, 0.2) is 6.10 Å². The summed E-state index contributed by atoms with van der Waals surface area (Å²) < 4.78 is 34.5. The van der Waals surface area contributed by atoms with Gasteiger partial charge in [0.05, 0.1) is 27.7 Å². The number of carbonyl (C=O) groups is 2. The van der Waals surface area contributed by atoms with Crippen LogP contribution >= 0.6 is 7.82 Å². The minimum atomic E-state index is -4.38. The lowest BCUT2D eigenvalue weighted by molar-refractivity contribution is -0.870. The third kappa shape index (κ3) is 53.2. The van der Waals surface area contributed by atoms with Gasteiger partial charge < -0.3 is 18.9 Å². The van der Waals surface area contributed by atoms with Crippen LogP contribution in [0.1, 0.15) is 251 Å². The van der Waals surface area contributed by atoms with E-state index < -0.39 is 26.5 Å². The molecule has 0 bridgehead atoms. The molecule has 0 spiro atoms. The number of carbonyl (C=O) groups excluding carboxylic acids is 2. The van der Waals surface area contributed by atoms with Gasteiger partial charge in [-0.25, -0.2) is 4.57 Å². The molecule has 0 saturated heterocycles. The molecular weight excluding hydrogens is 858 g/mol. The number of esters is 2. The number of allylic oxidation sites excluding steroid dienone is 8. The van der Waals surface area contributed by atoms with Crippen molar-refractivity contribution in [1.82, 2.24) is 0 Å². The maximum atomic E-state index is 12.8. The lowest BCUT2D eigenvalue weighted by Gasteiger charge is -2.24. The molecular formula is C57H107NO8P+. The van der Waals surface area contributed by atoms with Crippen molar-refractivity contribution < 1.29 is 42.1 Å². The summed E-state index contributed by atoms with van der Waals surface area (Å²) in [6.07, 6.45) is 60.2.